The first kappa shape index (κ1) is 11.9. The molecule has 2 nitrogen and oxygen atoms in total. The molecule has 1 fully saturated rings. The monoisotopic (exact) mass is 238 g/mol. The maximum absolute atomic E-state index is 4.45. The summed E-state index contributed by atoms with van der Waals surface area (Å²) in [6.45, 7) is 5.54. The largest absolute Gasteiger partial charge is 0.272 e. The summed E-state index contributed by atoms with van der Waals surface area (Å²) in [5.41, 5.74) is 1.35. The quantitative estimate of drug-likeness (QED) is 0.740. The molecule has 0 aliphatic carbocycles. The van der Waals surface area contributed by atoms with Crippen molar-refractivity contribution in [3.05, 3.63) is 18.0 Å². The molecule has 0 aromatic carbocycles. The second-order valence-electron chi connectivity index (χ2n) is 5.11. The van der Waals surface area contributed by atoms with Gasteiger partial charge in [0.25, 0.3) is 0 Å². The zero-order chi connectivity index (χ0) is 11.5. The molecule has 2 rings (SSSR count). The van der Waals surface area contributed by atoms with Crippen LogP contribution in [0.1, 0.15) is 38.2 Å². The summed E-state index contributed by atoms with van der Waals surface area (Å²) < 4.78 is 2.13. The molecule has 0 unspecified atom stereocenters. The summed E-state index contributed by atoms with van der Waals surface area (Å²) in [6.07, 6.45) is 6.90. The molecule has 1 aliphatic heterocycles. The van der Waals surface area contributed by atoms with Crippen LogP contribution in [0.4, 0.5) is 0 Å². The van der Waals surface area contributed by atoms with E-state index in [0.29, 0.717) is 16.4 Å². The molecule has 16 heavy (non-hydrogen) atoms. The van der Waals surface area contributed by atoms with Crippen molar-refractivity contribution in [3.8, 4) is 0 Å². The maximum Gasteiger partial charge on any atom is 0.0524 e. The lowest BCUT2D eigenvalue weighted by Crippen LogP contribution is -2.17. The van der Waals surface area contributed by atoms with Crippen molar-refractivity contribution < 1.29 is 0 Å². The van der Waals surface area contributed by atoms with Gasteiger partial charge in [-0.15, -0.1) is 0 Å². The Morgan fingerprint density at radius 2 is 2.19 bits per heavy atom. The van der Waals surface area contributed by atoms with Gasteiger partial charge in [-0.25, -0.2) is 0 Å². The highest BCUT2D eigenvalue weighted by Gasteiger charge is 2.16. The summed E-state index contributed by atoms with van der Waals surface area (Å²) in [5, 5.41) is 4.45. The Bertz CT molecular complexity index is 358. The van der Waals surface area contributed by atoms with Crippen LogP contribution in [-0.2, 0) is 6.54 Å². The second kappa shape index (κ2) is 5.17. The molecule has 2 heterocycles. The van der Waals surface area contributed by atoms with Crippen LogP contribution in [-0.4, -0.2) is 27.2 Å². The highest BCUT2D eigenvalue weighted by Crippen LogP contribution is 2.28. The van der Waals surface area contributed by atoms with Crippen molar-refractivity contribution in [1.29, 1.82) is 0 Å². The van der Waals surface area contributed by atoms with Gasteiger partial charge in [0.1, 0.15) is 0 Å². The third-order valence-electron chi connectivity index (χ3n) is 3.39. The topological polar surface area (TPSA) is 17.8 Å². The number of hydrogen-bond acceptors (Lipinski definition) is 1. The highest BCUT2D eigenvalue weighted by molar-refractivity contribution is 8.14. The van der Waals surface area contributed by atoms with Gasteiger partial charge in [0.15, 0.2) is 0 Å². The van der Waals surface area contributed by atoms with Gasteiger partial charge in [0.05, 0.1) is 6.20 Å². The normalized spacial score (nSPS) is 26.2. The molecule has 1 aromatic rings. The van der Waals surface area contributed by atoms with Gasteiger partial charge in [-0.2, -0.15) is 15.6 Å². The second-order valence-corrected chi connectivity index (χ2v) is 7.16. The van der Waals surface area contributed by atoms with E-state index in [0.717, 1.165) is 12.5 Å². The average Bonchev–Trinajstić information content (AvgIpc) is 2.70. The fourth-order valence-corrected chi connectivity index (χ4v) is 3.68. The van der Waals surface area contributed by atoms with Crippen LogP contribution < -0.4 is 0 Å². The Hall–Kier alpha value is -0.570. The first-order valence-corrected chi connectivity index (χ1v) is 7.88. The van der Waals surface area contributed by atoms with Crippen LogP contribution in [0.3, 0.4) is 0 Å². The summed E-state index contributed by atoms with van der Waals surface area (Å²) in [5.74, 6) is 8.23. The molecule has 0 amide bonds. The Kier molecular flexibility index (Phi) is 3.85. The van der Waals surface area contributed by atoms with E-state index in [2.05, 4.69) is 35.7 Å². The first-order chi connectivity index (χ1) is 7.65. The molecule has 0 bridgehead atoms. The highest BCUT2D eigenvalue weighted by atomic mass is 32.2. The standard InChI is InChI=1S/C13H22N2S/c1-11(2)13-8-14-15(10-13)9-12-4-6-16(3)7-5-12/h8,10-12H,3-7,9H2,1-2H3. The van der Waals surface area contributed by atoms with E-state index >= 15 is 0 Å². The number of aromatic nitrogens is 2. The molecule has 1 saturated heterocycles. The fraction of sp³-hybridized carbons (Fsp3) is 0.692. The van der Waals surface area contributed by atoms with Crippen LogP contribution in [0.25, 0.3) is 0 Å². The minimum absolute atomic E-state index is 0.449. The molecule has 1 aromatic heterocycles. The molecule has 3 heteroatoms. The van der Waals surface area contributed by atoms with E-state index < -0.39 is 0 Å². The molecule has 0 saturated carbocycles. The van der Waals surface area contributed by atoms with Gasteiger partial charge < -0.3 is 0 Å². The lowest BCUT2D eigenvalue weighted by atomic mass is 10.0. The van der Waals surface area contributed by atoms with E-state index in [4.69, 9.17) is 0 Å². The van der Waals surface area contributed by atoms with Crippen LogP contribution in [0.2, 0.25) is 0 Å². The Morgan fingerprint density at radius 3 is 2.75 bits per heavy atom. The smallest absolute Gasteiger partial charge is 0.0524 e. The van der Waals surface area contributed by atoms with Crippen molar-refractivity contribution in [2.45, 2.75) is 39.2 Å². The zero-order valence-electron chi connectivity index (χ0n) is 10.4. The lowest BCUT2D eigenvalue weighted by molar-refractivity contribution is 0.394. The van der Waals surface area contributed by atoms with E-state index in [-0.39, 0.29) is 0 Å². The molecule has 0 spiro atoms. The minimum Gasteiger partial charge on any atom is -0.272 e. The average molecular weight is 238 g/mol. The minimum atomic E-state index is 0.449. The molecule has 0 atom stereocenters. The van der Waals surface area contributed by atoms with E-state index in [1.54, 1.807) is 0 Å². The maximum atomic E-state index is 4.45. The van der Waals surface area contributed by atoms with E-state index in [1.807, 2.05) is 6.20 Å². The lowest BCUT2D eigenvalue weighted by Gasteiger charge is -2.23. The van der Waals surface area contributed by atoms with Crippen molar-refractivity contribution in [2.75, 3.05) is 11.5 Å². The molecule has 0 radical (unpaired) electrons. The number of rotatable bonds is 3. The molecular formula is C13H22N2S. The number of hydrogen-bond donors (Lipinski definition) is 0. The Labute approximate surface area is 101 Å². The summed E-state index contributed by atoms with van der Waals surface area (Å²) in [7, 11) is 0.449. The molecule has 1 aliphatic rings. The van der Waals surface area contributed by atoms with E-state index in [1.165, 1.54) is 29.9 Å². The third kappa shape index (κ3) is 2.97. The fourth-order valence-electron chi connectivity index (χ4n) is 2.14. The number of nitrogens with zero attached hydrogens (tertiary/aromatic N) is 2. The Balaban J connectivity index is 1.91. The van der Waals surface area contributed by atoms with Gasteiger partial charge in [0.2, 0.25) is 0 Å². The van der Waals surface area contributed by atoms with Crippen LogP contribution in [0.5, 0.6) is 0 Å². The summed E-state index contributed by atoms with van der Waals surface area (Å²) in [4.78, 5) is 0. The predicted octanol–water partition coefficient (Wildman–Crippen LogP) is 3.12. The van der Waals surface area contributed by atoms with Crippen molar-refractivity contribution >= 4 is 16.4 Å². The Morgan fingerprint density at radius 1 is 1.50 bits per heavy atom. The van der Waals surface area contributed by atoms with Gasteiger partial charge in [0, 0.05) is 12.7 Å². The summed E-state index contributed by atoms with van der Waals surface area (Å²) >= 11 is 0. The van der Waals surface area contributed by atoms with Gasteiger partial charge in [-0.3, -0.25) is 4.68 Å². The van der Waals surface area contributed by atoms with E-state index in [9.17, 15) is 0 Å². The van der Waals surface area contributed by atoms with Crippen molar-refractivity contribution in [1.82, 2.24) is 9.78 Å². The third-order valence-corrected chi connectivity index (χ3v) is 5.02. The van der Waals surface area contributed by atoms with Crippen molar-refractivity contribution in [3.63, 3.8) is 0 Å². The summed E-state index contributed by atoms with van der Waals surface area (Å²) in [6, 6.07) is 0. The SMILES string of the molecule is C=S1CCC(Cn2cc(C(C)C)cn2)CC1. The molecular weight excluding hydrogens is 216 g/mol. The molecule has 0 N–H and O–H groups in total. The van der Waals surface area contributed by atoms with Crippen LogP contribution in [0.15, 0.2) is 12.4 Å². The molecule has 90 valence electrons. The zero-order valence-corrected chi connectivity index (χ0v) is 11.2. The van der Waals surface area contributed by atoms with Gasteiger partial charge in [-0.1, -0.05) is 19.7 Å². The predicted molar refractivity (Wildman–Crippen MR) is 73.5 cm³/mol. The van der Waals surface area contributed by atoms with Gasteiger partial charge in [-0.05, 0) is 41.7 Å². The van der Waals surface area contributed by atoms with Crippen molar-refractivity contribution in [2.24, 2.45) is 5.92 Å². The van der Waals surface area contributed by atoms with Crippen LogP contribution >= 0.6 is 10.5 Å². The van der Waals surface area contributed by atoms with Crippen LogP contribution in [0, 0.1) is 5.92 Å². The first-order valence-electron chi connectivity index (χ1n) is 6.14. The van der Waals surface area contributed by atoms with Gasteiger partial charge >= 0.3 is 0 Å².